The fraction of sp³-hybridized carbons (Fsp3) is 0.619. The minimum atomic E-state index is -1.30. The largest absolute Gasteiger partial charge is 0.478 e. The van der Waals surface area contributed by atoms with Gasteiger partial charge in [0.25, 0.3) is 0 Å². The third kappa shape index (κ3) is 3.75. The Morgan fingerprint density at radius 3 is 2.04 bits per heavy atom. The van der Waals surface area contributed by atoms with E-state index in [2.05, 4.69) is 10.6 Å². The number of ether oxygens (including phenoxy) is 1. The topological polar surface area (TPSA) is 87.7 Å². The molecule has 0 unspecified atom stereocenters. The van der Waals surface area contributed by atoms with Crippen LogP contribution in [0.3, 0.4) is 0 Å². The maximum absolute atomic E-state index is 12.6. The van der Waals surface area contributed by atoms with E-state index in [9.17, 15) is 9.59 Å². The van der Waals surface area contributed by atoms with Crippen molar-refractivity contribution in [2.45, 2.75) is 63.5 Å². The standard InChI is InChI=1S/C21H28N2O4/c1-20(2,18(24)25)27-17-5-3-16(4-6-17)22-19(26)23-21-10-13-7-14(11-21)9-15(8-13)12-21/h3-6,13-15H,7-12H2,1-2H3,(H,24,25)(H2,22,23,26). The zero-order valence-electron chi connectivity index (χ0n) is 16.0. The number of carboxylic acid groups (broad SMARTS) is 1. The first-order valence-electron chi connectivity index (χ1n) is 9.85. The summed E-state index contributed by atoms with van der Waals surface area (Å²) in [6, 6.07) is 6.64. The lowest BCUT2D eigenvalue weighted by molar-refractivity contribution is -0.152. The van der Waals surface area contributed by atoms with Crippen LogP contribution >= 0.6 is 0 Å². The fourth-order valence-corrected chi connectivity index (χ4v) is 5.61. The number of hydrogen-bond donors (Lipinski definition) is 3. The van der Waals surface area contributed by atoms with Gasteiger partial charge in [0.15, 0.2) is 5.60 Å². The van der Waals surface area contributed by atoms with Gasteiger partial charge in [-0.25, -0.2) is 9.59 Å². The first kappa shape index (κ1) is 18.1. The first-order chi connectivity index (χ1) is 12.7. The third-order valence-corrected chi connectivity index (χ3v) is 6.42. The third-order valence-electron chi connectivity index (χ3n) is 6.42. The predicted molar refractivity (Wildman–Crippen MR) is 102 cm³/mol. The van der Waals surface area contributed by atoms with Crippen molar-refractivity contribution >= 4 is 17.7 Å². The summed E-state index contributed by atoms with van der Waals surface area (Å²) in [5.41, 5.74) is -0.657. The molecular formula is C21H28N2O4. The number of benzene rings is 1. The minimum Gasteiger partial charge on any atom is -0.478 e. The molecule has 6 heteroatoms. The average molecular weight is 372 g/mol. The number of hydrogen-bond acceptors (Lipinski definition) is 3. The van der Waals surface area contributed by atoms with Crippen LogP contribution in [0.15, 0.2) is 24.3 Å². The first-order valence-corrected chi connectivity index (χ1v) is 9.85. The highest BCUT2D eigenvalue weighted by atomic mass is 16.5. The Morgan fingerprint density at radius 1 is 1.04 bits per heavy atom. The van der Waals surface area contributed by atoms with Crippen molar-refractivity contribution in [2.24, 2.45) is 17.8 Å². The Bertz CT molecular complexity index is 706. The molecule has 0 heterocycles. The number of carboxylic acids is 1. The Labute approximate surface area is 159 Å². The quantitative estimate of drug-likeness (QED) is 0.728. The van der Waals surface area contributed by atoms with Crippen molar-refractivity contribution in [1.82, 2.24) is 5.32 Å². The monoisotopic (exact) mass is 372 g/mol. The lowest BCUT2D eigenvalue weighted by Crippen LogP contribution is -2.60. The van der Waals surface area contributed by atoms with E-state index in [1.165, 1.54) is 33.1 Å². The molecule has 27 heavy (non-hydrogen) atoms. The number of nitrogens with one attached hydrogen (secondary N) is 2. The van der Waals surface area contributed by atoms with Gasteiger partial charge in [-0.1, -0.05) is 0 Å². The van der Waals surface area contributed by atoms with E-state index in [-0.39, 0.29) is 11.6 Å². The molecule has 2 amide bonds. The minimum absolute atomic E-state index is 0.0204. The second-order valence-corrected chi connectivity index (χ2v) is 9.22. The normalized spacial score (nSPS) is 31.4. The molecule has 1 aromatic carbocycles. The highest BCUT2D eigenvalue weighted by Gasteiger charge is 2.51. The predicted octanol–water partition coefficient (Wildman–Crippen LogP) is 4.02. The van der Waals surface area contributed by atoms with Crippen molar-refractivity contribution < 1.29 is 19.4 Å². The second-order valence-electron chi connectivity index (χ2n) is 9.22. The van der Waals surface area contributed by atoms with Crippen LogP contribution in [0.2, 0.25) is 0 Å². The molecule has 4 bridgehead atoms. The molecule has 4 aliphatic rings. The Morgan fingerprint density at radius 2 is 1.56 bits per heavy atom. The summed E-state index contributed by atoms with van der Waals surface area (Å²) in [7, 11) is 0. The number of anilines is 1. The molecule has 0 aliphatic heterocycles. The van der Waals surface area contributed by atoms with Gasteiger partial charge in [0.2, 0.25) is 0 Å². The van der Waals surface area contributed by atoms with Crippen LogP contribution in [-0.4, -0.2) is 28.2 Å². The fourth-order valence-electron chi connectivity index (χ4n) is 5.61. The van der Waals surface area contributed by atoms with E-state index in [1.54, 1.807) is 24.3 Å². The molecule has 1 aromatic rings. The molecule has 0 aromatic heterocycles. The van der Waals surface area contributed by atoms with E-state index in [4.69, 9.17) is 9.84 Å². The lowest BCUT2D eigenvalue weighted by atomic mass is 9.53. The zero-order chi connectivity index (χ0) is 19.2. The smallest absolute Gasteiger partial charge is 0.347 e. The molecule has 0 spiro atoms. The van der Waals surface area contributed by atoms with Crippen LogP contribution in [-0.2, 0) is 4.79 Å². The summed E-state index contributed by atoms with van der Waals surface area (Å²) in [4.78, 5) is 23.7. The Balaban J connectivity index is 1.35. The Hall–Kier alpha value is -2.24. The second kappa shape index (κ2) is 6.43. The number of urea groups is 1. The highest BCUT2D eigenvalue weighted by Crippen LogP contribution is 2.55. The van der Waals surface area contributed by atoms with Gasteiger partial charge in [-0.3, -0.25) is 0 Å². The summed E-state index contributed by atoms with van der Waals surface area (Å²) in [5, 5.41) is 15.3. The molecule has 6 nitrogen and oxygen atoms in total. The maximum atomic E-state index is 12.6. The average Bonchev–Trinajstić information content (AvgIpc) is 2.54. The molecule has 5 rings (SSSR count). The van der Waals surface area contributed by atoms with E-state index < -0.39 is 11.6 Å². The van der Waals surface area contributed by atoms with Crippen molar-refractivity contribution in [3.63, 3.8) is 0 Å². The van der Waals surface area contributed by atoms with Crippen LogP contribution in [0.5, 0.6) is 5.75 Å². The Kier molecular flexibility index (Phi) is 4.32. The van der Waals surface area contributed by atoms with Gasteiger partial charge in [0, 0.05) is 11.2 Å². The summed E-state index contributed by atoms with van der Waals surface area (Å²) < 4.78 is 5.49. The van der Waals surface area contributed by atoms with Crippen molar-refractivity contribution in [1.29, 1.82) is 0 Å². The van der Waals surface area contributed by atoms with Gasteiger partial charge in [0.05, 0.1) is 0 Å². The van der Waals surface area contributed by atoms with Gasteiger partial charge in [0.1, 0.15) is 5.75 Å². The number of carbonyl (C=O) groups is 2. The molecule has 4 saturated carbocycles. The number of amides is 2. The highest BCUT2D eigenvalue weighted by molar-refractivity contribution is 5.89. The molecule has 0 atom stereocenters. The number of carbonyl (C=O) groups excluding carboxylic acids is 1. The van der Waals surface area contributed by atoms with Gasteiger partial charge < -0.3 is 20.5 Å². The zero-order valence-corrected chi connectivity index (χ0v) is 16.0. The van der Waals surface area contributed by atoms with Gasteiger partial charge in [-0.15, -0.1) is 0 Å². The number of rotatable bonds is 5. The van der Waals surface area contributed by atoms with Crippen molar-refractivity contribution in [3.05, 3.63) is 24.3 Å². The van der Waals surface area contributed by atoms with Crippen LogP contribution in [0, 0.1) is 17.8 Å². The van der Waals surface area contributed by atoms with Crippen molar-refractivity contribution in [2.75, 3.05) is 5.32 Å². The van der Waals surface area contributed by atoms with E-state index >= 15 is 0 Å². The van der Waals surface area contributed by atoms with E-state index in [0.29, 0.717) is 11.4 Å². The molecule has 0 radical (unpaired) electrons. The van der Waals surface area contributed by atoms with Crippen LogP contribution in [0.25, 0.3) is 0 Å². The molecule has 4 fully saturated rings. The van der Waals surface area contributed by atoms with E-state index in [0.717, 1.165) is 37.0 Å². The van der Waals surface area contributed by atoms with Gasteiger partial charge >= 0.3 is 12.0 Å². The summed E-state index contributed by atoms with van der Waals surface area (Å²) in [6.07, 6.45) is 7.38. The molecule has 146 valence electrons. The SMILES string of the molecule is CC(C)(Oc1ccc(NC(=O)NC23CC4CC(CC(C4)C2)C3)cc1)C(=O)O. The van der Waals surface area contributed by atoms with Crippen LogP contribution < -0.4 is 15.4 Å². The summed E-state index contributed by atoms with van der Waals surface area (Å²) >= 11 is 0. The van der Waals surface area contributed by atoms with Crippen LogP contribution in [0.1, 0.15) is 52.4 Å². The van der Waals surface area contributed by atoms with E-state index in [1.807, 2.05) is 0 Å². The number of aliphatic carboxylic acids is 1. The summed E-state index contributed by atoms with van der Waals surface area (Å²) in [6.45, 7) is 3.00. The molecule has 3 N–H and O–H groups in total. The summed E-state index contributed by atoms with van der Waals surface area (Å²) in [5.74, 6) is 1.77. The molecule has 4 aliphatic carbocycles. The maximum Gasteiger partial charge on any atom is 0.347 e. The van der Waals surface area contributed by atoms with Crippen LogP contribution in [0.4, 0.5) is 10.5 Å². The van der Waals surface area contributed by atoms with Crippen molar-refractivity contribution in [3.8, 4) is 5.75 Å². The van der Waals surface area contributed by atoms with Gasteiger partial charge in [-0.2, -0.15) is 0 Å². The molecule has 0 saturated heterocycles. The lowest BCUT2D eigenvalue weighted by Gasteiger charge is -2.56. The van der Waals surface area contributed by atoms with Gasteiger partial charge in [-0.05, 0) is 94.4 Å². The molecular weight excluding hydrogens is 344 g/mol.